The van der Waals surface area contributed by atoms with Crippen LogP contribution in [0.15, 0.2) is 18.2 Å². The summed E-state index contributed by atoms with van der Waals surface area (Å²) in [6, 6.07) is 4.51. The monoisotopic (exact) mass is 312 g/mol. The lowest BCUT2D eigenvalue weighted by atomic mass is 10.1. The summed E-state index contributed by atoms with van der Waals surface area (Å²) < 4.78 is 13.0. The Labute approximate surface area is 128 Å². The Morgan fingerprint density at radius 1 is 1.40 bits per heavy atom. The summed E-state index contributed by atoms with van der Waals surface area (Å²) in [5, 5.41) is 4.86. The zero-order valence-electron chi connectivity index (χ0n) is 11.7. The van der Waals surface area contributed by atoms with Crippen LogP contribution in [-0.2, 0) is 13.0 Å². The van der Waals surface area contributed by atoms with Crippen LogP contribution in [0.5, 0.6) is 0 Å². The lowest BCUT2D eigenvalue weighted by molar-refractivity contribution is 0.627. The van der Waals surface area contributed by atoms with Gasteiger partial charge in [0.05, 0.1) is 10.7 Å². The van der Waals surface area contributed by atoms with Gasteiger partial charge in [-0.3, -0.25) is 0 Å². The van der Waals surface area contributed by atoms with E-state index in [4.69, 9.17) is 11.6 Å². The Morgan fingerprint density at radius 2 is 2.20 bits per heavy atom. The Kier molecular flexibility index (Phi) is 5.52. The van der Waals surface area contributed by atoms with Gasteiger partial charge in [0.2, 0.25) is 0 Å². The molecular formula is C15H18ClFN2S. The van der Waals surface area contributed by atoms with E-state index in [0.29, 0.717) is 11.4 Å². The second kappa shape index (κ2) is 7.16. The van der Waals surface area contributed by atoms with Crippen molar-refractivity contribution in [2.45, 2.75) is 33.2 Å². The quantitative estimate of drug-likeness (QED) is 0.803. The molecule has 1 N–H and O–H groups in total. The predicted octanol–water partition coefficient (Wildman–Crippen LogP) is 4.33. The van der Waals surface area contributed by atoms with Crippen molar-refractivity contribution in [2.75, 3.05) is 6.54 Å². The van der Waals surface area contributed by atoms with Gasteiger partial charge in [-0.25, -0.2) is 9.37 Å². The van der Waals surface area contributed by atoms with Crippen LogP contribution in [0.25, 0.3) is 0 Å². The summed E-state index contributed by atoms with van der Waals surface area (Å²) in [7, 11) is 0. The zero-order chi connectivity index (χ0) is 14.5. The molecule has 0 unspecified atom stereocenters. The van der Waals surface area contributed by atoms with Crippen molar-refractivity contribution in [1.82, 2.24) is 10.3 Å². The third-order valence-electron chi connectivity index (χ3n) is 3.01. The van der Waals surface area contributed by atoms with E-state index in [-0.39, 0.29) is 5.82 Å². The molecule has 0 fully saturated rings. The lowest BCUT2D eigenvalue weighted by Gasteiger charge is -2.01. The van der Waals surface area contributed by atoms with Crippen LogP contribution in [0.1, 0.15) is 34.5 Å². The number of hydrogen-bond donors (Lipinski definition) is 1. The van der Waals surface area contributed by atoms with Gasteiger partial charge in [-0.2, -0.15) is 0 Å². The molecule has 0 aliphatic carbocycles. The van der Waals surface area contributed by atoms with Gasteiger partial charge in [-0.05, 0) is 37.6 Å². The van der Waals surface area contributed by atoms with Crippen molar-refractivity contribution in [3.63, 3.8) is 0 Å². The summed E-state index contributed by atoms with van der Waals surface area (Å²) in [5.74, 6) is -0.307. The molecule has 0 amide bonds. The summed E-state index contributed by atoms with van der Waals surface area (Å²) in [6.45, 7) is 6.04. The maximum absolute atomic E-state index is 13.0. The van der Waals surface area contributed by atoms with Crippen molar-refractivity contribution in [3.8, 4) is 0 Å². The molecule has 20 heavy (non-hydrogen) atoms. The van der Waals surface area contributed by atoms with Gasteiger partial charge in [0, 0.05) is 22.9 Å². The highest BCUT2D eigenvalue weighted by atomic mass is 35.5. The van der Waals surface area contributed by atoms with E-state index in [1.54, 1.807) is 17.4 Å². The highest BCUT2D eigenvalue weighted by Crippen LogP contribution is 2.24. The van der Waals surface area contributed by atoms with Gasteiger partial charge in [0.15, 0.2) is 0 Å². The van der Waals surface area contributed by atoms with E-state index < -0.39 is 0 Å². The fourth-order valence-corrected chi connectivity index (χ4v) is 3.23. The van der Waals surface area contributed by atoms with E-state index >= 15 is 0 Å². The number of nitrogens with zero attached hydrogens (tertiary/aromatic N) is 1. The molecule has 2 rings (SSSR count). The molecule has 2 aromatic rings. The maximum atomic E-state index is 13.0. The molecule has 0 bridgehead atoms. The SMILES string of the molecule is CCCNCc1sc(Cc2ccc(F)cc2Cl)nc1C. The summed E-state index contributed by atoms with van der Waals surface area (Å²) in [6.07, 6.45) is 1.77. The first kappa shape index (κ1) is 15.4. The van der Waals surface area contributed by atoms with Crippen LogP contribution in [-0.4, -0.2) is 11.5 Å². The van der Waals surface area contributed by atoms with Crippen LogP contribution in [0.3, 0.4) is 0 Å². The Bertz CT molecular complexity index is 583. The lowest BCUT2D eigenvalue weighted by Crippen LogP contribution is -2.13. The number of halogens is 2. The molecule has 0 spiro atoms. The van der Waals surface area contributed by atoms with Gasteiger partial charge >= 0.3 is 0 Å². The number of hydrogen-bond acceptors (Lipinski definition) is 3. The standard InChI is InChI=1S/C15H18ClFN2S/c1-3-6-18-9-14-10(2)19-15(20-14)7-11-4-5-12(17)8-13(11)16/h4-5,8,18H,3,6-7,9H2,1-2H3. The molecule has 5 heteroatoms. The van der Waals surface area contributed by atoms with Crippen molar-refractivity contribution in [2.24, 2.45) is 0 Å². The number of rotatable bonds is 6. The summed E-state index contributed by atoms with van der Waals surface area (Å²) >= 11 is 7.74. The van der Waals surface area contributed by atoms with E-state index in [0.717, 1.165) is 35.8 Å². The van der Waals surface area contributed by atoms with Crippen molar-refractivity contribution in [3.05, 3.63) is 50.2 Å². The number of nitrogens with one attached hydrogen (secondary N) is 1. The second-order valence-electron chi connectivity index (χ2n) is 4.71. The predicted molar refractivity (Wildman–Crippen MR) is 83.1 cm³/mol. The number of thiazole rings is 1. The number of aromatic nitrogens is 1. The summed E-state index contributed by atoms with van der Waals surface area (Å²) in [4.78, 5) is 5.83. The molecule has 2 nitrogen and oxygen atoms in total. The highest BCUT2D eigenvalue weighted by Gasteiger charge is 2.10. The van der Waals surface area contributed by atoms with Gasteiger partial charge in [-0.15, -0.1) is 11.3 Å². The van der Waals surface area contributed by atoms with Crippen molar-refractivity contribution in [1.29, 1.82) is 0 Å². The smallest absolute Gasteiger partial charge is 0.124 e. The van der Waals surface area contributed by atoms with Gasteiger partial charge in [0.1, 0.15) is 5.82 Å². The van der Waals surface area contributed by atoms with Gasteiger partial charge in [-0.1, -0.05) is 24.6 Å². The minimum absolute atomic E-state index is 0.307. The average Bonchev–Trinajstić information content (AvgIpc) is 2.74. The average molecular weight is 313 g/mol. The number of aryl methyl sites for hydroxylation is 1. The van der Waals surface area contributed by atoms with Crippen LogP contribution < -0.4 is 5.32 Å². The first-order valence-corrected chi connectivity index (χ1v) is 7.89. The third-order valence-corrected chi connectivity index (χ3v) is 4.52. The van der Waals surface area contributed by atoms with E-state index in [1.165, 1.54) is 17.0 Å². The molecule has 0 aliphatic heterocycles. The highest BCUT2D eigenvalue weighted by molar-refractivity contribution is 7.11. The first-order chi connectivity index (χ1) is 9.60. The molecular weight excluding hydrogens is 295 g/mol. The minimum Gasteiger partial charge on any atom is -0.312 e. The van der Waals surface area contributed by atoms with E-state index in [1.807, 2.05) is 6.92 Å². The van der Waals surface area contributed by atoms with Gasteiger partial charge in [0.25, 0.3) is 0 Å². The van der Waals surface area contributed by atoms with Gasteiger partial charge < -0.3 is 5.32 Å². The fraction of sp³-hybridized carbons (Fsp3) is 0.400. The number of benzene rings is 1. The molecule has 1 heterocycles. The third kappa shape index (κ3) is 4.01. The second-order valence-corrected chi connectivity index (χ2v) is 6.28. The molecule has 0 saturated carbocycles. The van der Waals surface area contributed by atoms with Crippen LogP contribution in [0, 0.1) is 12.7 Å². The van der Waals surface area contributed by atoms with Crippen molar-refractivity contribution < 1.29 is 4.39 Å². The Balaban J connectivity index is 2.08. The van der Waals surface area contributed by atoms with Crippen LogP contribution in [0.4, 0.5) is 4.39 Å². The summed E-state index contributed by atoms with van der Waals surface area (Å²) in [5.41, 5.74) is 1.97. The van der Waals surface area contributed by atoms with E-state index in [2.05, 4.69) is 17.2 Å². The van der Waals surface area contributed by atoms with Crippen LogP contribution >= 0.6 is 22.9 Å². The zero-order valence-corrected chi connectivity index (χ0v) is 13.2. The molecule has 0 aliphatic rings. The molecule has 0 radical (unpaired) electrons. The largest absolute Gasteiger partial charge is 0.312 e. The topological polar surface area (TPSA) is 24.9 Å². The fourth-order valence-electron chi connectivity index (χ4n) is 1.93. The first-order valence-electron chi connectivity index (χ1n) is 6.70. The normalized spacial score (nSPS) is 11.0. The van der Waals surface area contributed by atoms with Crippen LogP contribution in [0.2, 0.25) is 5.02 Å². The molecule has 1 aromatic carbocycles. The molecule has 0 saturated heterocycles. The Hall–Kier alpha value is -0.970. The minimum atomic E-state index is -0.307. The molecule has 0 atom stereocenters. The Morgan fingerprint density at radius 3 is 2.90 bits per heavy atom. The van der Waals surface area contributed by atoms with E-state index in [9.17, 15) is 4.39 Å². The molecule has 108 valence electrons. The maximum Gasteiger partial charge on any atom is 0.124 e. The molecule has 1 aromatic heterocycles. The van der Waals surface area contributed by atoms with Crippen molar-refractivity contribution >= 4 is 22.9 Å².